The first-order valence-electron chi connectivity index (χ1n) is 6.34. The minimum absolute atomic E-state index is 0.0245. The maximum atomic E-state index is 11.6. The Morgan fingerprint density at radius 2 is 2.19 bits per heavy atom. The maximum absolute atomic E-state index is 11.6. The zero-order valence-corrected chi connectivity index (χ0v) is 10.3. The number of nitrogens with zero attached hydrogens (tertiary/aromatic N) is 1. The second-order valence-corrected chi connectivity index (χ2v) is 5.53. The summed E-state index contributed by atoms with van der Waals surface area (Å²) < 4.78 is 0. The van der Waals surface area contributed by atoms with E-state index >= 15 is 0 Å². The Balaban J connectivity index is 1.66. The standard InChI is InChI=1S/C12H23N3O/c1-3-9(2)14-11(16)6-15-7-12(13,8-15)10-4-5-10/h9-10H,3-8,13H2,1-2H3,(H,14,16). The molecule has 3 N–H and O–H groups in total. The van der Waals surface area contributed by atoms with Gasteiger partial charge in [-0.05, 0) is 32.1 Å². The van der Waals surface area contributed by atoms with Crippen molar-refractivity contribution in [2.45, 2.75) is 44.7 Å². The topological polar surface area (TPSA) is 58.4 Å². The summed E-state index contributed by atoms with van der Waals surface area (Å²) >= 11 is 0. The highest BCUT2D eigenvalue weighted by Crippen LogP contribution is 2.42. The van der Waals surface area contributed by atoms with Gasteiger partial charge in [0.25, 0.3) is 0 Å². The van der Waals surface area contributed by atoms with Crippen LogP contribution in [-0.2, 0) is 4.79 Å². The fourth-order valence-corrected chi connectivity index (χ4v) is 2.44. The lowest BCUT2D eigenvalue weighted by molar-refractivity contribution is -0.124. The number of rotatable bonds is 5. The van der Waals surface area contributed by atoms with Crippen molar-refractivity contribution in [2.24, 2.45) is 11.7 Å². The molecule has 2 fully saturated rings. The van der Waals surface area contributed by atoms with E-state index in [-0.39, 0.29) is 17.5 Å². The Morgan fingerprint density at radius 3 is 2.69 bits per heavy atom. The highest BCUT2D eigenvalue weighted by molar-refractivity contribution is 5.78. The molecule has 1 heterocycles. The summed E-state index contributed by atoms with van der Waals surface area (Å²) in [6.45, 7) is 6.41. The quantitative estimate of drug-likeness (QED) is 0.708. The average molecular weight is 225 g/mol. The molecule has 2 rings (SSSR count). The third kappa shape index (κ3) is 2.55. The molecule has 1 saturated carbocycles. The molecule has 0 aromatic carbocycles. The van der Waals surface area contributed by atoms with Gasteiger partial charge >= 0.3 is 0 Å². The Kier molecular flexibility index (Phi) is 3.22. The second kappa shape index (κ2) is 4.34. The molecule has 1 amide bonds. The monoisotopic (exact) mass is 225 g/mol. The van der Waals surface area contributed by atoms with Crippen LogP contribution in [0.25, 0.3) is 0 Å². The van der Waals surface area contributed by atoms with Gasteiger partial charge in [-0.3, -0.25) is 9.69 Å². The first-order chi connectivity index (χ1) is 7.53. The van der Waals surface area contributed by atoms with Crippen LogP contribution in [0.2, 0.25) is 0 Å². The van der Waals surface area contributed by atoms with Gasteiger partial charge in [0.15, 0.2) is 0 Å². The number of likely N-dealkylation sites (tertiary alicyclic amines) is 1. The van der Waals surface area contributed by atoms with Gasteiger partial charge in [0.05, 0.1) is 6.54 Å². The lowest BCUT2D eigenvalue weighted by atomic mass is 9.86. The number of hydrogen-bond donors (Lipinski definition) is 2. The summed E-state index contributed by atoms with van der Waals surface area (Å²) in [5.41, 5.74) is 6.25. The first-order valence-corrected chi connectivity index (χ1v) is 6.34. The third-order valence-electron chi connectivity index (χ3n) is 3.81. The Hall–Kier alpha value is -0.610. The average Bonchev–Trinajstić information content (AvgIpc) is 2.97. The van der Waals surface area contributed by atoms with E-state index in [2.05, 4.69) is 17.1 Å². The van der Waals surface area contributed by atoms with Crippen LogP contribution < -0.4 is 11.1 Å². The van der Waals surface area contributed by atoms with Gasteiger partial charge in [-0.25, -0.2) is 0 Å². The molecule has 0 radical (unpaired) electrons. The summed E-state index contributed by atoms with van der Waals surface area (Å²) in [5, 5.41) is 2.98. The van der Waals surface area contributed by atoms with Crippen molar-refractivity contribution in [1.29, 1.82) is 0 Å². The summed E-state index contributed by atoms with van der Waals surface area (Å²) in [6, 6.07) is 0.278. The molecule has 16 heavy (non-hydrogen) atoms. The predicted molar refractivity (Wildman–Crippen MR) is 64.0 cm³/mol. The van der Waals surface area contributed by atoms with E-state index in [4.69, 9.17) is 5.73 Å². The highest BCUT2D eigenvalue weighted by atomic mass is 16.2. The number of amides is 1. The van der Waals surface area contributed by atoms with E-state index in [0.717, 1.165) is 25.4 Å². The van der Waals surface area contributed by atoms with Crippen molar-refractivity contribution < 1.29 is 4.79 Å². The third-order valence-corrected chi connectivity index (χ3v) is 3.81. The van der Waals surface area contributed by atoms with Gasteiger partial charge < -0.3 is 11.1 Å². The first kappa shape index (κ1) is 11.9. The number of hydrogen-bond acceptors (Lipinski definition) is 3. The molecule has 4 nitrogen and oxygen atoms in total. The molecule has 1 saturated heterocycles. The fourth-order valence-electron chi connectivity index (χ4n) is 2.44. The number of carbonyl (C=O) groups excluding carboxylic acids is 1. The van der Waals surface area contributed by atoms with Crippen LogP contribution in [0.1, 0.15) is 33.1 Å². The molecule has 0 spiro atoms. The van der Waals surface area contributed by atoms with Crippen molar-refractivity contribution in [3.05, 3.63) is 0 Å². The van der Waals surface area contributed by atoms with Crippen LogP contribution in [0.5, 0.6) is 0 Å². The number of nitrogens with two attached hydrogens (primary N) is 1. The van der Waals surface area contributed by atoms with Crippen LogP contribution in [-0.4, -0.2) is 42.0 Å². The van der Waals surface area contributed by atoms with Gasteiger partial charge in [0.1, 0.15) is 0 Å². The van der Waals surface area contributed by atoms with Crippen molar-refractivity contribution in [3.8, 4) is 0 Å². The molecule has 1 aliphatic carbocycles. The minimum atomic E-state index is 0.0245. The Morgan fingerprint density at radius 1 is 1.56 bits per heavy atom. The SMILES string of the molecule is CCC(C)NC(=O)CN1CC(N)(C2CC2)C1. The molecular formula is C12H23N3O. The van der Waals surface area contributed by atoms with Crippen molar-refractivity contribution in [1.82, 2.24) is 10.2 Å². The van der Waals surface area contributed by atoms with Gasteiger partial charge in [-0.15, -0.1) is 0 Å². The summed E-state index contributed by atoms with van der Waals surface area (Å²) in [5.74, 6) is 0.855. The summed E-state index contributed by atoms with van der Waals surface area (Å²) in [6.07, 6.45) is 3.54. The van der Waals surface area contributed by atoms with E-state index in [1.807, 2.05) is 6.92 Å². The second-order valence-electron chi connectivity index (χ2n) is 5.53. The van der Waals surface area contributed by atoms with Crippen molar-refractivity contribution in [2.75, 3.05) is 19.6 Å². The largest absolute Gasteiger partial charge is 0.353 e. The van der Waals surface area contributed by atoms with E-state index in [1.165, 1.54) is 12.8 Å². The lowest BCUT2D eigenvalue weighted by Crippen LogP contribution is -2.69. The van der Waals surface area contributed by atoms with Crippen LogP contribution >= 0.6 is 0 Å². The van der Waals surface area contributed by atoms with Crippen LogP contribution in [0, 0.1) is 5.92 Å². The molecule has 4 heteroatoms. The van der Waals surface area contributed by atoms with Gasteiger partial charge in [-0.2, -0.15) is 0 Å². The molecule has 1 atom stereocenters. The lowest BCUT2D eigenvalue weighted by Gasteiger charge is -2.48. The number of nitrogens with one attached hydrogen (secondary N) is 1. The minimum Gasteiger partial charge on any atom is -0.353 e. The predicted octanol–water partition coefficient (Wildman–Crippen LogP) is 0.324. The van der Waals surface area contributed by atoms with E-state index in [0.29, 0.717) is 6.54 Å². The molecule has 1 aliphatic heterocycles. The Labute approximate surface area is 97.6 Å². The van der Waals surface area contributed by atoms with E-state index < -0.39 is 0 Å². The zero-order chi connectivity index (χ0) is 11.8. The Bertz CT molecular complexity index is 269. The molecule has 2 aliphatic rings. The van der Waals surface area contributed by atoms with E-state index in [9.17, 15) is 4.79 Å². The molecule has 1 unspecified atom stereocenters. The van der Waals surface area contributed by atoms with Crippen LogP contribution in [0.3, 0.4) is 0 Å². The van der Waals surface area contributed by atoms with Gasteiger partial charge in [-0.1, -0.05) is 6.92 Å². The maximum Gasteiger partial charge on any atom is 0.234 e. The van der Waals surface area contributed by atoms with Crippen LogP contribution in [0.15, 0.2) is 0 Å². The smallest absolute Gasteiger partial charge is 0.234 e. The zero-order valence-electron chi connectivity index (χ0n) is 10.3. The molecule has 0 aromatic heterocycles. The van der Waals surface area contributed by atoms with E-state index in [1.54, 1.807) is 0 Å². The molecule has 0 aromatic rings. The normalized spacial score (nSPS) is 25.9. The number of carbonyl (C=O) groups is 1. The van der Waals surface area contributed by atoms with Crippen molar-refractivity contribution >= 4 is 5.91 Å². The highest BCUT2D eigenvalue weighted by Gasteiger charge is 2.50. The molecule has 92 valence electrons. The summed E-state index contributed by atoms with van der Waals surface area (Å²) in [4.78, 5) is 13.8. The summed E-state index contributed by atoms with van der Waals surface area (Å²) in [7, 11) is 0. The van der Waals surface area contributed by atoms with Crippen LogP contribution in [0.4, 0.5) is 0 Å². The molecular weight excluding hydrogens is 202 g/mol. The van der Waals surface area contributed by atoms with Gasteiger partial charge in [0.2, 0.25) is 5.91 Å². The fraction of sp³-hybridized carbons (Fsp3) is 0.917. The van der Waals surface area contributed by atoms with Crippen molar-refractivity contribution in [3.63, 3.8) is 0 Å². The van der Waals surface area contributed by atoms with Gasteiger partial charge in [0, 0.05) is 24.7 Å². The molecule has 0 bridgehead atoms.